The van der Waals surface area contributed by atoms with E-state index in [1.54, 1.807) is 24.3 Å². The van der Waals surface area contributed by atoms with Crippen LogP contribution in [0.15, 0.2) is 29.2 Å². The molecule has 0 amide bonds. The summed E-state index contributed by atoms with van der Waals surface area (Å²) >= 11 is 5.83. The molecule has 4 saturated carbocycles. The summed E-state index contributed by atoms with van der Waals surface area (Å²) in [5.74, 6) is 2.52. The summed E-state index contributed by atoms with van der Waals surface area (Å²) in [6.45, 7) is 0.599. The maximum absolute atomic E-state index is 12.5. The minimum absolute atomic E-state index is 0.217. The third kappa shape index (κ3) is 2.70. The van der Waals surface area contributed by atoms with E-state index in [-0.39, 0.29) is 5.41 Å². The van der Waals surface area contributed by atoms with Crippen molar-refractivity contribution in [3.63, 3.8) is 0 Å². The van der Waals surface area contributed by atoms with Gasteiger partial charge in [0.1, 0.15) is 0 Å². The smallest absolute Gasteiger partial charge is 0.211 e. The van der Waals surface area contributed by atoms with E-state index in [1.807, 2.05) is 0 Å². The molecular formula is C17H22ClNO2S. The summed E-state index contributed by atoms with van der Waals surface area (Å²) in [4.78, 5) is 0.307. The molecule has 0 atom stereocenters. The third-order valence-corrected chi connectivity index (χ3v) is 7.60. The Kier molecular flexibility index (Phi) is 3.55. The number of rotatable bonds is 4. The van der Waals surface area contributed by atoms with Gasteiger partial charge in [0.05, 0.1) is 4.90 Å². The minimum atomic E-state index is -3.43. The molecule has 1 N–H and O–H groups in total. The van der Waals surface area contributed by atoms with Crippen molar-refractivity contribution in [1.29, 1.82) is 0 Å². The van der Waals surface area contributed by atoms with Gasteiger partial charge in [-0.15, -0.1) is 0 Å². The van der Waals surface area contributed by atoms with Crippen LogP contribution in [0.25, 0.3) is 0 Å². The zero-order chi connectivity index (χ0) is 15.4. The summed E-state index contributed by atoms with van der Waals surface area (Å²) < 4.78 is 27.8. The lowest BCUT2D eigenvalue weighted by molar-refractivity contribution is -0.0487. The first-order valence-corrected chi connectivity index (χ1v) is 10.1. The fourth-order valence-corrected chi connectivity index (χ4v) is 6.73. The number of hydrogen-bond donors (Lipinski definition) is 1. The van der Waals surface area contributed by atoms with Crippen molar-refractivity contribution in [2.75, 3.05) is 6.54 Å². The monoisotopic (exact) mass is 339 g/mol. The van der Waals surface area contributed by atoms with Gasteiger partial charge in [0.15, 0.2) is 0 Å². The standard InChI is InChI=1S/C17H22ClNO2S/c18-15-1-3-16(4-2-15)22(20,21)19-11-17-8-12-5-13(9-17)7-14(6-12)10-17/h1-4,12-14,19H,5-11H2. The Hall–Kier alpha value is -0.580. The maximum Gasteiger partial charge on any atom is 0.240 e. The van der Waals surface area contributed by atoms with E-state index < -0.39 is 10.0 Å². The van der Waals surface area contributed by atoms with Gasteiger partial charge >= 0.3 is 0 Å². The van der Waals surface area contributed by atoms with Crippen LogP contribution >= 0.6 is 11.6 Å². The molecule has 22 heavy (non-hydrogen) atoms. The number of benzene rings is 1. The molecule has 0 radical (unpaired) electrons. The number of hydrogen-bond acceptors (Lipinski definition) is 2. The molecule has 1 aromatic carbocycles. The fourth-order valence-electron chi connectivity index (χ4n) is 5.45. The summed E-state index contributed by atoms with van der Waals surface area (Å²) in [7, 11) is -3.43. The van der Waals surface area contributed by atoms with Gasteiger partial charge in [0, 0.05) is 11.6 Å². The van der Waals surface area contributed by atoms with Crippen LogP contribution in [0.1, 0.15) is 38.5 Å². The lowest BCUT2D eigenvalue weighted by Crippen LogP contribution is -2.51. The normalized spacial score (nSPS) is 36.7. The Morgan fingerprint density at radius 2 is 1.50 bits per heavy atom. The largest absolute Gasteiger partial charge is 0.240 e. The second-order valence-electron chi connectivity index (χ2n) is 7.70. The third-order valence-electron chi connectivity index (χ3n) is 5.93. The van der Waals surface area contributed by atoms with Crippen molar-refractivity contribution in [2.45, 2.75) is 43.4 Å². The van der Waals surface area contributed by atoms with E-state index in [0.29, 0.717) is 16.5 Å². The zero-order valence-electron chi connectivity index (χ0n) is 12.6. The van der Waals surface area contributed by atoms with Crippen LogP contribution < -0.4 is 4.72 Å². The Morgan fingerprint density at radius 3 is 2.00 bits per heavy atom. The Balaban J connectivity index is 1.49. The Morgan fingerprint density at radius 1 is 1.00 bits per heavy atom. The van der Waals surface area contributed by atoms with E-state index in [1.165, 1.54) is 38.5 Å². The molecule has 4 bridgehead atoms. The molecule has 0 spiro atoms. The predicted octanol–water partition coefficient (Wildman–Crippen LogP) is 3.83. The van der Waals surface area contributed by atoms with Crippen LogP contribution in [0.4, 0.5) is 0 Å². The first-order valence-electron chi connectivity index (χ1n) is 8.19. The Labute approximate surface area is 137 Å². The summed E-state index contributed by atoms with van der Waals surface area (Å²) in [6.07, 6.45) is 7.77. The molecule has 5 rings (SSSR count). The molecule has 1 aromatic rings. The average molecular weight is 340 g/mol. The molecule has 120 valence electrons. The van der Waals surface area contributed by atoms with Crippen LogP contribution in [0.3, 0.4) is 0 Å². The van der Waals surface area contributed by atoms with Crippen molar-refractivity contribution in [3.8, 4) is 0 Å². The summed E-state index contributed by atoms with van der Waals surface area (Å²) in [5, 5.41) is 0.556. The molecule has 4 fully saturated rings. The second-order valence-corrected chi connectivity index (χ2v) is 9.90. The van der Waals surface area contributed by atoms with Gasteiger partial charge in [-0.3, -0.25) is 0 Å². The fraction of sp³-hybridized carbons (Fsp3) is 0.647. The highest BCUT2D eigenvalue weighted by Crippen LogP contribution is 2.59. The van der Waals surface area contributed by atoms with Crippen molar-refractivity contribution in [2.24, 2.45) is 23.2 Å². The first-order chi connectivity index (χ1) is 10.4. The highest BCUT2D eigenvalue weighted by Gasteiger charge is 2.50. The average Bonchev–Trinajstić information content (AvgIpc) is 2.45. The molecular weight excluding hydrogens is 318 g/mol. The van der Waals surface area contributed by atoms with Crippen LogP contribution in [-0.2, 0) is 10.0 Å². The van der Waals surface area contributed by atoms with Crippen LogP contribution in [-0.4, -0.2) is 15.0 Å². The molecule has 0 aromatic heterocycles. The quantitative estimate of drug-likeness (QED) is 0.906. The predicted molar refractivity (Wildman–Crippen MR) is 87.2 cm³/mol. The minimum Gasteiger partial charge on any atom is -0.211 e. The molecule has 5 heteroatoms. The topological polar surface area (TPSA) is 46.2 Å². The van der Waals surface area contributed by atoms with Crippen molar-refractivity contribution < 1.29 is 8.42 Å². The lowest BCUT2D eigenvalue weighted by atomic mass is 9.50. The van der Waals surface area contributed by atoms with E-state index in [4.69, 9.17) is 11.6 Å². The SMILES string of the molecule is O=S(=O)(NCC12CC3CC(CC(C3)C1)C2)c1ccc(Cl)cc1. The maximum atomic E-state index is 12.5. The molecule has 4 aliphatic rings. The van der Waals surface area contributed by atoms with E-state index in [0.717, 1.165) is 17.8 Å². The van der Waals surface area contributed by atoms with Crippen LogP contribution in [0, 0.1) is 23.2 Å². The van der Waals surface area contributed by atoms with Crippen molar-refractivity contribution >= 4 is 21.6 Å². The van der Waals surface area contributed by atoms with Gasteiger partial charge in [-0.05, 0) is 86.0 Å². The van der Waals surface area contributed by atoms with Gasteiger partial charge in [-0.25, -0.2) is 13.1 Å². The summed E-state index contributed by atoms with van der Waals surface area (Å²) in [5.41, 5.74) is 0.217. The first kappa shape index (κ1) is 15.0. The van der Waals surface area contributed by atoms with E-state index in [9.17, 15) is 8.42 Å². The van der Waals surface area contributed by atoms with E-state index in [2.05, 4.69) is 4.72 Å². The second kappa shape index (κ2) is 5.22. The van der Waals surface area contributed by atoms with Gasteiger partial charge in [0.25, 0.3) is 0 Å². The number of nitrogens with one attached hydrogen (secondary N) is 1. The van der Waals surface area contributed by atoms with Gasteiger partial charge in [-0.2, -0.15) is 0 Å². The van der Waals surface area contributed by atoms with Crippen LogP contribution in [0.5, 0.6) is 0 Å². The highest BCUT2D eigenvalue weighted by atomic mass is 35.5. The lowest BCUT2D eigenvalue weighted by Gasteiger charge is -2.56. The van der Waals surface area contributed by atoms with E-state index >= 15 is 0 Å². The van der Waals surface area contributed by atoms with Crippen molar-refractivity contribution in [3.05, 3.63) is 29.3 Å². The number of sulfonamides is 1. The highest BCUT2D eigenvalue weighted by molar-refractivity contribution is 7.89. The van der Waals surface area contributed by atoms with Gasteiger partial charge in [-0.1, -0.05) is 11.6 Å². The zero-order valence-corrected chi connectivity index (χ0v) is 14.2. The molecule has 0 saturated heterocycles. The van der Waals surface area contributed by atoms with Crippen molar-refractivity contribution in [1.82, 2.24) is 4.72 Å². The van der Waals surface area contributed by atoms with Gasteiger partial charge in [0.2, 0.25) is 10.0 Å². The molecule has 0 unspecified atom stereocenters. The van der Waals surface area contributed by atoms with Gasteiger partial charge < -0.3 is 0 Å². The summed E-state index contributed by atoms with van der Waals surface area (Å²) in [6, 6.07) is 6.40. The Bertz CT molecular complexity index is 633. The van der Waals surface area contributed by atoms with Crippen LogP contribution in [0.2, 0.25) is 5.02 Å². The molecule has 3 nitrogen and oxygen atoms in total. The molecule has 0 heterocycles. The number of halogens is 1. The molecule has 0 aliphatic heterocycles. The molecule has 4 aliphatic carbocycles.